The Morgan fingerprint density at radius 1 is 0.447 bits per heavy atom. The van der Waals surface area contributed by atoms with Crippen LogP contribution in [0.4, 0.5) is 0 Å². The van der Waals surface area contributed by atoms with E-state index in [0.29, 0.717) is 0 Å². The number of unbranched alkanes of at least 4 members (excludes halogenated alkanes) is 28. The maximum Gasteiger partial charge on any atom is 0.239 e. The molecule has 0 radical (unpaired) electrons. The maximum absolute atomic E-state index is 12.6. The van der Waals surface area contributed by atoms with Crippen molar-refractivity contribution in [3.8, 4) is 0 Å². The van der Waals surface area contributed by atoms with Crippen molar-refractivity contribution in [3.63, 3.8) is 0 Å². The zero-order chi connectivity index (χ0) is 34.5. The molecule has 0 aliphatic carbocycles. The molecule has 0 aliphatic rings. The van der Waals surface area contributed by atoms with Crippen LogP contribution in [0.15, 0.2) is 0 Å². The van der Waals surface area contributed by atoms with E-state index in [-0.39, 0.29) is 36.9 Å². The highest BCUT2D eigenvalue weighted by atomic mass is 16.2. The molecule has 0 aromatic heterocycles. The van der Waals surface area contributed by atoms with Gasteiger partial charge in [-0.15, -0.1) is 0 Å². The third kappa shape index (κ3) is 36.9. The molecule has 0 unspecified atom stereocenters. The molecular weight excluding hydrogens is 582 g/mol. The van der Waals surface area contributed by atoms with E-state index in [1.54, 1.807) is 0 Å². The molecule has 6 N–H and O–H groups in total. The monoisotopic (exact) mass is 664 g/mol. The molecule has 0 aromatic rings. The highest BCUT2D eigenvalue weighted by Gasteiger charge is 2.13. The number of carbonyl (C=O) groups excluding carboxylic acids is 2. The number of nitrogens with two attached hydrogens (primary N) is 1. The van der Waals surface area contributed by atoms with Gasteiger partial charge in [-0.3, -0.25) is 15.0 Å². The predicted octanol–water partition coefficient (Wildman–Crippen LogP) is 10.6. The number of nitrogens with one attached hydrogen (secondary N) is 4. The van der Waals surface area contributed by atoms with Crippen LogP contribution < -0.4 is 21.7 Å². The first kappa shape index (κ1) is 45.2. The summed E-state index contributed by atoms with van der Waals surface area (Å²) in [6, 6.07) is 0.179. The van der Waals surface area contributed by atoms with Crippen LogP contribution in [0.5, 0.6) is 0 Å². The summed E-state index contributed by atoms with van der Waals surface area (Å²) in [5.41, 5.74) is 5.24. The van der Waals surface area contributed by atoms with E-state index in [2.05, 4.69) is 29.8 Å². The van der Waals surface area contributed by atoms with Gasteiger partial charge in [0.15, 0.2) is 5.96 Å². The van der Waals surface area contributed by atoms with E-state index in [1.807, 2.05) is 0 Å². The quantitative estimate of drug-likeness (QED) is 0.0258. The van der Waals surface area contributed by atoms with Gasteiger partial charge in [0.2, 0.25) is 11.8 Å². The standard InChI is InChI=1S/C40H81N5O2/c1-3-5-7-9-11-13-15-17-19-21-23-25-27-29-31-33-37(45-39(47)36-43-38(46)35-44-40(41)42)34-32-30-28-26-24-22-20-18-16-14-12-10-8-6-4-2/h37H,3-36H2,1-2H3,(H,43,46)(H,45,47)(H4,41,42,44). The van der Waals surface area contributed by atoms with Crippen LogP contribution in [0.25, 0.3) is 0 Å². The Labute approximate surface area is 292 Å². The second kappa shape index (κ2) is 37.0. The Bertz CT molecular complexity index is 668. The summed E-state index contributed by atoms with van der Waals surface area (Å²) in [5, 5.41) is 15.5. The van der Waals surface area contributed by atoms with Crippen LogP contribution in [0, 0.1) is 5.41 Å². The average Bonchev–Trinajstić information content (AvgIpc) is 3.06. The van der Waals surface area contributed by atoms with Crippen molar-refractivity contribution >= 4 is 17.8 Å². The molecule has 7 nitrogen and oxygen atoms in total. The van der Waals surface area contributed by atoms with Crippen LogP contribution in [-0.4, -0.2) is 36.9 Å². The van der Waals surface area contributed by atoms with E-state index in [9.17, 15) is 9.59 Å². The minimum absolute atomic E-state index is 0.0351. The van der Waals surface area contributed by atoms with Crippen molar-refractivity contribution < 1.29 is 9.59 Å². The van der Waals surface area contributed by atoms with Gasteiger partial charge in [0.05, 0.1) is 13.1 Å². The summed E-state index contributed by atoms with van der Waals surface area (Å²) in [7, 11) is 0. The molecule has 7 heteroatoms. The first-order chi connectivity index (χ1) is 23.0. The third-order valence-electron chi connectivity index (χ3n) is 9.56. The molecule has 47 heavy (non-hydrogen) atoms. The van der Waals surface area contributed by atoms with Crippen molar-refractivity contribution in [3.05, 3.63) is 0 Å². The van der Waals surface area contributed by atoms with E-state index >= 15 is 0 Å². The van der Waals surface area contributed by atoms with Crippen LogP contribution in [-0.2, 0) is 9.59 Å². The Hall–Kier alpha value is -1.79. The molecule has 0 aromatic carbocycles. The van der Waals surface area contributed by atoms with Crippen molar-refractivity contribution in [2.75, 3.05) is 13.1 Å². The fraction of sp³-hybridized carbons (Fsp3) is 0.925. The lowest BCUT2D eigenvalue weighted by Crippen LogP contribution is -2.45. The molecule has 0 saturated carbocycles. The van der Waals surface area contributed by atoms with Gasteiger partial charge in [-0.1, -0.05) is 206 Å². The molecule has 0 fully saturated rings. The molecule has 2 amide bonds. The molecule has 278 valence electrons. The summed E-state index contributed by atoms with van der Waals surface area (Å²) >= 11 is 0. The maximum atomic E-state index is 12.6. The number of amides is 2. The molecule has 0 spiro atoms. The van der Waals surface area contributed by atoms with E-state index in [0.717, 1.165) is 25.7 Å². The summed E-state index contributed by atoms with van der Waals surface area (Å²) in [5.74, 6) is -0.721. The van der Waals surface area contributed by atoms with Gasteiger partial charge >= 0.3 is 0 Å². The summed E-state index contributed by atoms with van der Waals surface area (Å²) in [4.78, 5) is 24.5. The Balaban J connectivity index is 4.07. The lowest BCUT2D eigenvalue weighted by molar-refractivity contribution is -0.126. The fourth-order valence-electron chi connectivity index (χ4n) is 6.51. The summed E-state index contributed by atoms with van der Waals surface area (Å²) in [6.45, 7) is 4.44. The second-order valence-electron chi connectivity index (χ2n) is 14.3. The summed E-state index contributed by atoms with van der Waals surface area (Å²) < 4.78 is 0. The van der Waals surface area contributed by atoms with Gasteiger partial charge < -0.3 is 21.7 Å². The number of hydrogen-bond donors (Lipinski definition) is 5. The van der Waals surface area contributed by atoms with Crippen LogP contribution in [0.2, 0.25) is 0 Å². The lowest BCUT2D eigenvalue weighted by Gasteiger charge is -2.19. The van der Waals surface area contributed by atoms with Gasteiger partial charge in [0.1, 0.15) is 0 Å². The van der Waals surface area contributed by atoms with Crippen molar-refractivity contribution in [1.82, 2.24) is 16.0 Å². The minimum atomic E-state index is -0.336. The Kier molecular flexibility index (Phi) is 35.6. The summed E-state index contributed by atoms with van der Waals surface area (Å²) in [6.07, 6.45) is 42.8. The molecule has 0 rings (SSSR count). The van der Waals surface area contributed by atoms with Crippen molar-refractivity contribution in [2.24, 2.45) is 5.73 Å². The number of guanidine groups is 1. The van der Waals surface area contributed by atoms with Gasteiger partial charge in [0, 0.05) is 6.04 Å². The zero-order valence-corrected chi connectivity index (χ0v) is 31.5. The number of rotatable bonds is 37. The first-order valence-corrected chi connectivity index (χ1v) is 20.6. The second-order valence-corrected chi connectivity index (χ2v) is 14.3. The molecular formula is C40H81N5O2. The number of carbonyl (C=O) groups is 2. The van der Waals surface area contributed by atoms with Gasteiger partial charge in [0.25, 0.3) is 0 Å². The largest absolute Gasteiger partial charge is 0.370 e. The van der Waals surface area contributed by atoms with E-state index < -0.39 is 0 Å². The zero-order valence-electron chi connectivity index (χ0n) is 31.5. The van der Waals surface area contributed by atoms with Crippen LogP contribution in [0.3, 0.4) is 0 Å². The Morgan fingerprint density at radius 3 is 1.02 bits per heavy atom. The lowest BCUT2D eigenvalue weighted by atomic mass is 9.99. The van der Waals surface area contributed by atoms with Gasteiger partial charge in [-0.05, 0) is 12.8 Å². The van der Waals surface area contributed by atoms with Crippen LogP contribution >= 0.6 is 0 Å². The Morgan fingerprint density at radius 2 is 0.723 bits per heavy atom. The molecule has 0 heterocycles. The highest BCUT2D eigenvalue weighted by molar-refractivity contribution is 5.87. The molecule has 0 atom stereocenters. The average molecular weight is 664 g/mol. The molecule has 0 aliphatic heterocycles. The van der Waals surface area contributed by atoms with E-state index in [1.165, 1.54) is 180 Å². The smallest absolute Gasteiger partial charge is 0.239 e. The van der Waals surface area contributed by atoms with Crippen molar-refractivity contribution in [1.29, 1.82) is 5.41 Å². The predicted molar refractivity (Wildman–Crippen MR) is 204 cm³/mol. The van der Waals surface area contributed by atoms with Gasteiger partial charge in [-0.25, -0.2) is 0 Å². The minimum Gasteiger partial charge on any atom is -0.370 e. The fourth-order valence-corrected chi connectivity index (χ4v) is 6.51. The molecule has 0 saturated heterocycles. The topological polar surface area (TPSA) is 120 Å². The molecule has 0 bridgehead atoms. The SMILES string of the molecule is CCCCCCCCCCCCCCCCCC(CCCCCCCCCCCCCCCCC)NC(=O)CNC(=O)CNC(=N)N. The number of hydrogen-bond acceptors (Lipinski definition) is 3. The third-order valence-corrected chi connectivity index (χ3v) is 9.56. The van der Waals surface area contributed by atoms with E-state index in [4.69, 9.17) is 11.1 Å². The van der Waals surface area contributed by atoms with Crippen molar-refractivity contribution in [2.45, 2.75) is 225 Å². The normalized spacial score (nSPS) is 11.2. The van der Waals surface area contributed by atoms with Gasteiger partial charge in [-0.2, -0.15) is 0 Å². The first-order valence-electron chi connectivity index (χ1n) is 20.6. The van der Waals surface area contributed by atoms with Crippen LogP contribution in [0.1, 0.15) is 219 Å². The highest BCUT2D eigenvalue weighted by Crippen LogP contribution is 2.17.